The third kappa shape index (κ3) is 2.43. The third-order valence-electron chi connectivity index (χ3n) is 3.07. The van der Waals surface area contributed by atoms with E-state index in [0.29, 0.717) is 0 Å². The summed E-state index contributed by atoms with van der Waals surface area (Å²) in [6.45, 7) is 3.66. The third-order valence-corrected chi connectivity index (χ3v) is 3.32. The highest BCUT2D eigenvalue weighted by molar-refractivity contribution is 6.08. The molecular weight excluding hydrogens is 224 g/mol. The lowest BCUT2D eigenvalue weighted by atomic mass is 9.90. The highest BCUT2D eigenvalue weighted by Gasteiger charge is 2.18. The molecule has 0 atom stereocenters. The van der Waals surface area contributed by atoms with Gasteiger partial charge in [-0.3, -0.25) is 0 Å². The van der Waals surface area contributed by atoms with Gasteiger partial charge >= 0.3 is 0 Å². The first kappa shape index (κ1) is 12.3. The van der Waals surface area contributed by atoms with Gasteiger partial charge in [0.2, 0.25) is 0 Å². The Labute approximate surface area is 106 Å². The van der Waals surface area contributed by atoms with Crippen LogP contribution < -0.4 is 0 Å². The summed E-state index contributed by atoms with van der Waals surface area (Å²) in [7, 11) is 3.53. The van der Waals surface area contributed by atoms with Gasteiger partial charge in [0.1, 0.15) is 0 Å². The number of rotatable bonds is 3. The molecular formula is C15H17OSi. The van der Waals surface area contributed by atoms with Crippen LogP contribution in [0.5, 0.6) is 0 Å². The monoisotopic (exact) mass is 241 g/mol. The molecule has 1 N–H and O–H groups in total. The zero-order valence-electron chi connectivity index (χ0n) is 10.3. The van der Waals surface area contributed by atoms with Gasteiger partial charge in [0.05, 0.1) is 5.60 Å². The van der Waals surface area contributed by atoms with Crippen LogP contribution in [-0.4, -0.2) is 15.3 Å². The van der Waals surface area contributed by atoms with E-state index in [-0.39, 0.29) is 0 Å². The molecule has 3 radical (unpaired) electrons. The molecule has 0 heterocycles. The second kappa shape index (κ2) is 4.63. The van der Waals surface area contributed by atoms with Crippen LogP contribution in [0, 0.1) is 0 Å². The van der Waals surface area contributed by atoms with Gasteiger partial charge < -0.3 is 5.11 Å². The molecule has 0 unspecified atom stereocenters. The molecule has 2 aromatic rings. The second-order valence-electron chi connectivity index (χ2n) is 4.88. The van der Waals surface area contributed by atoms with Crippen molar-refractivity contribution in [1.29, 1.82) is 0 Å². The van der Waals surface area contributed by atoms with E-state index in [0.717, 1.165) is 23.4 Å². The van der Waals surface area contributed by atoms with Crippen LogP contribution in [0.25, 0.3) is 10.8 Å². The van der Waals surface area contributed by atoms with Gasteiger partial charge in [-0.1, -0.05) is 42.4 Å². The minimum absolute atomic E-state index is 0.800. The van der Waals surface area contributed by atoms with Crippen molar-refractivity contribution in [3.8, 4) is 0 Å². The normalized spacial score (nSPS) is 12.0. The van der Waals surface area contributed by atoms with Crippen molar-refractivity contribution in [3.63, 3.8) is 0 Å². The van der Waals surface area contributed by atoms with Crippen molar-refractivity contribution in [2.45, 2.75) is 31.9 Å². The summed E-state index contributed by atoms with van der Waals surface area (Å²) in [5.41, 5.74) is 1.51. The molecule has 87 valence electrons. The van der Waals surface area contributed by atoms with Crippen LogP contribution in [0.1, 0.15) is 25.0 Å². The fourth-order valence-corrected chi connectivity index (χ4v) is 2.53. The Hall–Kier alpha value is -1.12. The van der Waals surface area contributed by atoms with Crippen molar-refractivity contribution < 1.29 is 5.11 Å². The summed E-state index contributed by atoms with van der Waals surface area (Å²) in [5, 5.41) is 12.6. The molecule has 0 aliphatic heterocycles. The van der Waals surface area contributed by atoms with Crippen LogP contribution in [0.2, 0.25) is 6.04 Å². The fraction of sp³-hybridized carbons (Fsp3) is 0.333. The van der Waals surface area contributed by atoms with E-state index in [1.807, 2.05) is 26.0 Å². The van der Waals surface area contributed by atoms with E-state index in [1.165, 1.54) is 10.9 Å². The number of hydrogen-bond donors (Lipinski definition) is 1. The molecule has 0 saturated carbocycles. The summed E-state index contributed by atoms with van der Waals surface area (Å²) in [6.07, 6.45) is 1.00. The minimum Gasteiger partial charge on any atom is -0.386 e. The van der Waals surface area contributed by atoms with Gasteiger partial charge in [-0.15, -0.1) is 0 Å². The Morgan fingerprint density at radius 3 is 2.35 bits per heavy atom. The molecule has 2 rings (SSSR count). The molecule has 0 saturated heterocycles. The van der Waals surface area contributed by atoms with Crippen LogP contribution in [0.4, 0.5) is 0 Å². The SMILES string of the molecule is CC(C)(O)c1cccc2c(CC[Si])cccc12. The number of aryl methyl sites for hydroxylation is 1. The van der Waals surface area contributed by atoms with Gasteiger partial charge in [0.25, 0.3) is 0 Å². The first-order valence-electron chi connectivity index (χ1n) is 5.92. The first-order valence-corrected chi connectivity index (χ1v) is 6.63. The predicted octanol–water partition coefficient (Wildman–Crippen LogP) is 3.20. The van der Waals surface area contributed by atoms with Crippen molar-refractivity contribution in [3.05, 3.63) is 47.5 Å². The molecule has 0 aliphatic rings. The van der Waals surface area contributed by atoms with E-state index in [2.05, 4.69) is 34.5 Å². The maximum atomic E-state index is 10.2. The Morgan fingerprint density at radius 1 is 1.06 bits per heavy atom. The van der Waals surface area contributed by atoms with Gasteiger partial charge in [0.15, 0.2) is 0 Å². The Bertz CT molecular complexity index is 526. The van der Waals surface area contributed by atoms with Gasteiger partial charge in [-0.2, -0.15) is 0 Å². The number of benzene rings is 2. The minimum atomic E-state index is -0.800. The molecule has 0 amide bonds. The lowest BCUT2D eigenvalue weighted by Crippen LogP contribution is -2.15. The maximum Gasteiger partial charge on any atom is 0.0846 e. The first-order chi connectivity index (χ1) is 8.04. The van der Waals surface area contributed by atoms with E-state index >= 15 is 0 Å². The zero-order valence-corrected chi connectivity index (χ0v) is 11.3. The lowest BCUT2D eigenvalue weighted by molar-refractivity contribution is 0.0802. The Kier molecular flexibility index (Phi) is 3.36. The average Bonchev–Trinajstić information content (AvgIpc) is 2.28. The Morgan fingerprint density at radius 2 is 1.71 bits per heavy atom. The van der Waals surface area contributed by atoms with E-state index < -0.39 is 5.60 Å². The maximum absolute atomic E-state index is 10.2. The summed E-state index contributed by atoms with van der Waals surface area (Å²) < 4.78 is 0. The summed E-state index contributed by atoms with van der Waals surface area (Å²) >= 11 is 0. The fourth-order valence-electron chi connectivity index (χ4n) is 2.26. The molecule has 2 heteroatoms. The van der Waals surface area contributed by atoms with E-state index in [4.69, 9.17) is 0 Å². The molecule has 0 aliphatic carbocycles. The molecule has 2 aromatic carbocycles. The molecule has 0 fully saturated rings. The number of hydrogen-bond acceptors (Lipinski definition) is 1. The molecule has 0 bridgehead atoms. The summed E-state index contributed by atoms with van der Waals surface area (Å²) in [4.78, 5) is 0. The van der Waals surface area contributed by atoms with Crippen LogP contribution in [-0.2, 0) is 12.0 Å². The smallest absolute Gasteiger partial charge is 0.0846 e. The largest absolute Gasteiger partial charge is 0.386 e. The summed E-state index contributed by atoms with van der Waals surface area (Å²) in [5.74, 6) is 0. The zero-order chi connectivity index (χ0) is 12.5. The highest BCUT2D eigenvalue weighted by atomic mass is 28.1. The predicted molar refractivity (Wildman–Crippen MR) is 73.5 cm³/mol. The quantitative estimate of drug-likeness (QED) is 0.818. The molecule has 0 spiro atoms. The lowest BCUT2D eigenvalue weighted by Gasteiger charge is -2.20. The van der Waals surface area contributed by atoms with E-state index in [9.17, 15) is 5.11 Å². The van der Waals surface area contributed by atoms with Gasteiger partial charge in [-0.25, -0.2) is 0 Å². The van der Waals surface area contributed by atoms with Crippen molar-refractivity contribution in [1.82, 2.24) is 0 Å². The van der Waals surface area contributed by atoms with Crippen molar-refractivity contribution in [2.75, 3.05) is 0 Å². The van der Waals surface area contributed by atoms with Crippen molar-refractivity contribution >= 4 is 21.0 Å². The van der Waals surface area contributed by atoms with Crippen LogP contribution >= 0.6 is 0 Å². The standard InChI is InChI=1S/C15H17OSi/c1-15(2,16)14-8-4-6-12-11(9-10-17)5-3-7-13(12)14/h3-8,16H,9-10H2,1-2H3. The molecule has 0 aromatic heterocycles. The van der Waals surface area contributed by atoms with Gasteiger partial charge in [-0.05, 0) is 42.2 Å². The molecule has 1 nitrogen and oxygen atoms in total. The number of fused-ring (bicyclic) bond motifs is 1. The second-order valence-corrected chi connectivity index (χ2v) is 5.38. The van der Waals surface area contributed by atoms with E-state index in [1.54, 1.807) is 0 Å². The number of aliphatic hydroxyl groups is 1. The average molecular weight is 241 g/mol. The molecule has 17 heavy (non-hydrogen) atoms. The van der Waals surface area contributed by atoms with Crippen LogP contribution in [0.3, 0.4) is 0 Å². The van der Waals surface area contributed by atoms with Crippen molar-refractivity contribution in [2.24, 2.45) is 0 Å². The highest BCUT2D eigenvalue weighted by Crippen LogP contribution is 2.30. The summed E-state index contributed by atoms with van der Waals surface area (Å²) in [6, 6.07) is 13.4. The van der Waals surface area contributed by atoms with Crippen LogP contribution in [0.15, 0.2) is 36.4 Å². The van der Waals surface area contributed by atoms with Gasteiger partial charge in [0, 0.05) is 10.2 Å². The topological polar surface area (TPSA) is 20.2 Å². The Balaban J connectivity index is 2.70.